The smallest absolute Gasteiger partial charge is 0.334 e. The summed E-state index contributed by atoms with van der Waals surface area (Å²) in [6.07, 6.45) is 9.62. The minimum absolute atomic E-state index is 0.0572. The Morgan fingerprint density at radius 1 is 0.903 bits per heavy atom. The lowest BCUT2D eigenvalue weighted by molar-refractivity contribution is -0.207. The maximum Gasteiger partial charge on any atom is 0.334 e. The molecule has 0 spiro atoms. The molecule has 0 saturated heterocycles. The van der Waals surface area contributed by atoms with Gasteiger partial charge in [0, 0.05) is 16.7 Å². The Kier molecular flexibility index (Phi) is 6.77. The van der Waals surface area contributed by atoms with E-state index in [9.17, 15) is 19.5 Å². The van der Waals surface area contributed by atoms with Crippen molar-refractivity contribution in [2.45, 2.75) is 71.8 Å². The highest BCUT2D eigenvalue weighted by Crippen LogP contribution is 2.60. The van der Waals surface area contributed by atoms with Crippen molar-refractivity contribution in [1.82, 2.24) is 0 Å². The van der Waals surface area contributed by atoms with Crippen LogP contribution >= 0.6 is 0 Å². The molecule has 31 heavy (non-hydrogen) atoms. The molecular weight excluding hydrogens is 396 g/mol. The summed E-state index contributed by atoms with van der Waals surface area (Å²) in [6, 6.07) is 0. The standard InChI is InChI=1S/C25H34O6/c1-6-25(20-10-17-9-18(12-20)13-21(25)11-17)31-23(28)15(3)8-19(7-14(2)22(26)27)16(4)24(29)30-5/h7-8,17-18,20-21H,6,9-13H2,1-5H3,(H,26,27). The lowest BCUT2D eigenvalue weighted by Gasteiger charge is -2.60. The summed E-state index contributed by atoms with van der Waals surface area (Å²) < 4.78 is 11.0. The second-order valence-electron chi connectivity index (χ2n) is 9.53. The monoisotopic (exact) mass is 430 g/mol. The molecule has 1 N–H and O–H groups in total. The van der Waals surface area contributed by atoms with Gasteiger partial charge in [0.05, 0.1) is 7.11 Å². The molecular formula is C25H34O6. The topological polar surface area (TPSA) is 89.9 Å². The summed E-state index contributed by atoms with van der Waals surface area (Å²) in [7, 11) is 1.26. The van der Waals surface area contributed by atoms with Gasteiger partial charge in [0.1, 0.15) is 5.60 Å². The van der Waals surface area contributed by atoms with Crippen molar-refractivity contribution >= 4 is 17.9 Å². The van der Waals surface area contributed by atoms with E-state index >= 15 is 0 Å². The van der Waals surface area contributed by atoms with Gasteiger partial charge in [-0.3, -0.25) is 0 Å². The number of rotatable bonds is 7. The number of hydrogen-bond donors (Lipinski definition) is 1. The largest absolute Gasteiger partial charge is 0.478 e. The summed E-state index contributed by atoms with van der Waals surface area (Å²) in [6.45, 7) is 6.75. The average Bonchev–Trinajstić information content (AvgIpc) is 2.73. The Morgan fingerprint density at radius 2 is 1.42 bits per heavy atom. The Bertz CT molecular complexity index is 831. The van der Waals surface area contributed by atoms with Crippen molar-refractivity contribution in [3.05, 3.63) is 34.4 Å². The molecule has 0 aromatic carbocycles. The van der Waals surface area contributed by atoms with E-state index in [0.29, 0.717) is 23.0 Å². The van der Waals surface area contributed by atoms with Gasteiger partial charge in [0.2, 0.25) is 0 Å². The van der Waals surface area contributed by atoms with Crippen LogP contribution in [0.3, 0.4) is 0 Å². The highest BCUT2D eigenvalue weighted by atomic mass is 16.6. The molecule has 0 amide bonds. The van der Waals surface area contributed by atoms with Gasteiger partial charge in [-0.2, -0.15) is 0 Å². The van der Waals surface area contributed by atoms with Gasteiger partial charge >= 0.3 is 17.9 Å². The molecule has 0 aromatic rings. The summed E-state index contributed by atoms with van der Waals surface area (Å²) in [4.78, 5) is 36.5. The van der Waals surface area contributed by atoms with Crippen molar-refractivity contribution in [3.63, 3.8) is 0 Å². The number of aliphatic carboxylic acids is 1. The Morgan fingerprint density at radius 3 is 1.87 bits per heavy atom. The van der Waals surface area contributed by atoms with Crippen molar-refractivity contribution in [2.75, 3.05) is 7.11 Å². The second-order valence-corrected chi connectivity index (χ2v) is 9.53. The fourth-order valence-electron chi connectivity index (χ4n) is 6.17. The van der Waals surface area contributed by atoms with Crippen LogP contribution in [0.25, 0.3) is 0 Å². The first-order chi connectivity index (χ1) is 14.6. The predicted octanol–water partition coefficient (Wildman–Crippen LogP) is 4.60. The first kappa shape index (κ1) is 23.3. The van der Waals surface area contributed by atoms with Crippen LogP contribution in [0.15, 0.2) is 34.4 Å². The molecule has 6 nitrogen and oxygen atoms in total. The van der Waals surface area contributed by atoms with E-state index in [2.05, 4.69) is 6.92 Å². The van der Waals surface area contributed by atoms with Crippen molar-refractivity contribution < 1.29 is 29.0 Å². The van der Waals surface area contributed by atoms with Gasteiger partial charge in [-0.15, -0.1) is 0 Å². The Balaban J connectivity index is 1.88. The minimum atomic E-state index is -1.10. The first-order valence-electron chi connectivity index (χ1n) is 11.2. The van der Waals surface area contributed by atoms with Crippen molar-refractivity contribution in [1.29, 1.82) is 0 Å². The molecule has 6 heteroatoms. The van der Waals surface area contributed by atoms with Crippen LogP contribution < -0.4 is 0 Å². The fourth-order valence-corrected chi connectivity index (χ4v) is 6.17. The number of carbonyl (C=O) groups is 3. The average molecular weight is 431 g/mol. The molecule has 4 aliphatic carbocycles. The number of hydrogen-bond acceptors (Lipinski definition) is 5. The number of carbonyl (C=O) groups excluding carboxylic acids is 2. The number of methoxy groups -OCH3 is 1. The number of carboxylic acids is 1. The molecule has 4 saturated carbocycles. The molecule has 4 aliphatic rings. The van der Waals surface area contributed by atoms with Gasteiger partial charge in [-0.1, -0.05) is 6.92 Å². The minimum Gasteiger partial charge on any atom is -0.478 e. The van der Waals surface area contributed by atoms with E-state index in [-0.39, 0.29) is 11.1 Å². The van der Waals surface area contributed by atoms with Crippen LogP contribution in [0, 0.1) is 23.7 Å². The molecule has 0 heterocycles. The third kappa shape index (κ3) is 4.48. The van der Waals surface area contributed by atoms with E-state index in [1.165, 1.54) is 32.6 Å². The summed E-state index contributed by atoms with van der Waals surface area (Å²) in [5.41, 5.74) is 0.552. The van der Waals surface area contributed by atoms with Crippen molar-refractivity contribution in [2.24, 2.45) is 23.7 Å². The second kappa shape index (κ2) is 9.01. The third-order valence-electron chi connectivity index (χ3n) is 7.68. The molecule has 170 valence electrons. The molecule has 0 radical (unpaired) electrons. The van der Waals surface area contributed by atoms with Crippen LogP contribution in [0.1, 0.15) is 66.2 Å². The maximum atomic E-state index is 13.2. The van der Waals surface area contributed by atoms with Gasteiger partial charge in [-0.05, 0) is 101 Å². The fraction of sp³-hybridized carbons (Fsp3) is 0.640. The number of esters is 2. The normalized spacial score (nSPS) is 33.1. The van der Waals surface area contributed by atoms with Gasteiger partial charge in [0.25, 0.3) is 0 Å². The van der Waals surface area contributed by atoms with E-state index in [4.69, 9.17) is 9.47 Å². The van der Waals surface area contributed by atoms with Crippen LogP contribution in [0.4, 0.5) is 0 Å². The van der Waals surface area contributed by atoms with Crippen LogP contribution in [-0.4, -0.2) is 35.7 Å². The molecule has 4 fully saturated rings. The van der Waals surface area contributed by atoms with Crippen LogP contribution in [0.5, 0.6) is 0 Å². The Hall–Kier alpha value is -2.37. The lowest BCUT2D eigenvalue weighted by Crippen LogP contribution is -2.59. The van der Waals surface area contributed by atoms with Gasteiger partial charge < -0.3 is 14.6 Å². The zero-order valence-electron chi connectivity index (χ0n) is 19.2. The van der Waals surface area contributed by atoms with E-state index in [0.717, 1.165) is 43.9 Å². The maximum absolute atomic E-state index is 13.2. The quantitative estimate of drug-likeness (QED) is 0.361. The molecule has 0 aliphatic heterocycles. The first-order valence-corrected chi connectivity index (χ1v) is 11.2. The number of allylic oxidation sites excluding steroid dienone is 3. The van der Waals surface area contributed by atoms with Gasteiger partial charge in [-0.25, -0.2) is 14.4 Å². The highest BCUT2D eigenvalue weighted by molar-refractivity contribution is 5.94. The summed E-state index contributed by atoms with van der Waals surface area (Å²) in [5, 5.41) is 9.23. The molecule has 4 bridgehead atoms. The van der Waals surface area contributed by atoms with E-state index < -0.39 is 23.5 Å². The SMILES string of the molecule is CCC1(OC(=O)C(C)=CC(C=C(C)C(=O)O)=C(C)C(=O)OC)C2CC3CC(C2)CC1C3. The molecule has 0 aromatic heterocycles. The predicted molar refractivity (Wildman–Crippen MR) is 116 cm³/mol. The highest BCUT2D eigenvalue weighted by Gasteiger charge is 2.58. The number of ether oxygens (including phenoxy) is 2. The number of carboxylic acid groups (broad SMARTS) is 1. The molecule has 4 rings (SSSR count). The van der Waals surface area contributed by atoms with Crippen LogP contribution in [0.2, 0.25) is 0 Å². The molecule has 0 atom stereocenters. The van der Waals surface area contributed by atoms with Crippen LogP contribution in [-0.2, 0) is 23.9 Å². The van der Waals surface area contributed by atoms with Gasteiger partial charge in [0.15, 0.2) is 0 Å². The summed E-state index contributed by atoms with van der Waals surface area (Å²) in [5.74, 6) is 0.330. The summed E-state index contributed by atoms with van der Waals surface area (Å²) >= 11 is 0. The van der Waals surface area contributed by atoms with E-state index in [1.54, 1.807) is 13.8 Å². The zero-order valence-corrected chi connectivity index (χ0v) is 19.2. The van der Waals surface area contributed by atoms with Crippen molar-refractivity contribution in [3.8, 4) is 0 Å². The Labute approximate surface area is 184 Å². The lowest BCUT2D eigenvalue weighted by atomic mass is 9.49. The zero-order chi connectivity index (χ0) is 22.9. The molecule has 0 unspecified atom stereocenters. The third-order valence-corrected chi connectivity index (χ3v) is 7.68. The van der Waals surface area contributed by atoms with E-state index in [1.807, 2.05) is 0 Å².